The molecule has 0 saturated heterocycles. The van der Waals surface area contributed by atoms with Crippen LogP contribution in [0.5, 0.6) is 5.75 Å². The fourth-order valence-corrected chi connectivity index (χ4v) is 2.86. The van der Waals surface area contributed by atoms with Gasteiger partial charge in [0.2, 0.25) is 0 Å². The largest absolute Gasteiger partial charge is 0.494 e. The van der Waals surface area contributed by atoms with Gasteiger partial charge < -0.3 is 15.4 Å². The topological polar surface area (TPSA) is 58.5 Å². The second-order valence-corrected chi connectivity index (χ2v) is 6.55. The molecule has 0 fully saturated rings. The van der Waals surface area contributed by atoms with Gasteiger partial charge in [-0.25, -0.2) is 14.4 Å². The third kappa shape index (κ3) is 8.31. The minimum absolute atomic E-state index is 0. The Kier molecular flexibility index (Phi) is 11.2. The van der Waals surface area contributed by atoms with Crippen molar-refractivity contribution in [2.45, 2.75) is 33.2 Å². The number of thiazole rings is 1. The zero-order valence-electron chi connectivity index (χ0n) is 15.1. The number of aliphatic imine (C=N–C) groups is 1. The van der Waals surface area contributed by atoms with Crippen LogP contribution in [0.25, 0.3) is 0 Å². The Hall–Kier alpha value is -1.42. The van der Waals surface area contributed by atoms with Crippen molar-refractivity contribution in [3.63, 3.8) is 0 Å². The van der Waals surface area contributed by atoms with E-state index in [2.05, 4.69) is 27.5 Å². The predicted octanol–water partition coefficient (Wildman–Crippen LogP) is 3.99. The van der Waals surface area contributed by atoms with Crippen molar-refractivity contribution in [1.82, 2.24) is 15.6 Å². The van der Waals surface area contributed by atoms with Gasteiger partial charge in [-0.2, -0.15) is 0 Å². The van der Waals surface area contributed by atoms with Crippen LogP contribution >= 0.6 is 35.3 Å². The first-order valence-electron chi connectivity index (χ1n) is 8.55. The Morgan fingerprint density at radius 2 is 2.00 bits per heavy atom. The number of ether oxygens (including phenoxy) is 1. The highest BCUT2D eigenvalue weighted by Gasteiger charge is 2.02. The van der Waals surface area contributed by atoms with Crippen LogP contribution in [-0.4, -0.2) is 30.6 Å². The third-order valence-electron chi connectivity index (χ3n) is 3.36. The normalized spacial score (nSPS) is 11.0. The van der Waals surface area contributed by atoms with E-state index in [9.17, 15) is 4.39 Å². The summed E-state index contributed by atoms with van der Waals surface area (Å²) in [4.78, 5) is 10.2. The molecule has 0 spiro atoms. The van der Waals surface area contributed by atoms with Gasteiger partial charge >= 0.3 is 0 Å². The van der Waals surface area contributed by atoms with Gasteiger partial charge in [-0.1, -0.05) is 6.92 Å². The number of halogens is 2. The standard InChI is InChI=1S/C18H25FN4OS.HI/c1-3-16-12-22-17(25-16)13-23-18(20-4-2)21-10-5-11-24-15-8-6-14(19)7-9-15;/h6-9,12H,3-5,10-11,13H2,1-2H3,(H2,20,21,23);1H. The zero-order valence-corrected chi connectivity index (χ0v) is 18.3. The molecule has 0 aliphatic rings. The molecular weight excluding hydrogens is 466 g/mol. The monoisotopic (exact) mass is 492 g/mol. The van der Waals surface area contributed by atoms with Crippen LogP contribution in [0.15, 0.2) is 35.5 Å². The molecule has 0 saturated carbocycles. The molecule has 0 aliphatic carbocycles. The number of aromatic nitrogens is 1. The van der Waals surface area contributed by atoms with Crippen molar-refractivity contribution in [3.8, 4) is 5.75 Å². The Labute approximate surface area is 175 Å². The molecule has 1 heterocycles. The Bertz CT molecular complexity index is 663. The summed E-state index contributed by atoms with van der Waals surface area (Å²) in [5, 5.41) is 7.53. The predicted molar refractivity (Wildman–Crippen MR) is 116 cm³/mol. The van der Waals surface area contributed by atoms with Crippen LogP contribution in [0.2, 0.25) is 0 Å². The Morgan fingerprint density at radius 3 is 2.65 bits per heavy atom. The van der Waals surface area contributed by atoms with Gasteiger partial charge in [0.25, 0.3) is 0 Å². The van der Waals surface area contributed by atoms with E-state index in [1.807, 2.05) is 13.1 Å². The van der Waals surface area contributed by atoms with E-state index in [1.54, 1.807) is 23.5 Å². The lowest BCUT2D eigenvalue weighted by atomic mass is 10.3. The summed E-state index contributed by atoms with van der Waals surface area (Å²) in [6.45, 7) is 6.84. The lowest BCUT2D eigenvalue weighted by Gasteiger charge is -2.11. The first-order chi connectivity index (χ1) is 12.2. The molecule has 8 heteroatoms. The molecule has 1 aromatic carbocycles. The smallest absolute Gasteiger partial charge is 0.191 e. The summed E-state index contributed by atoms with van der Waals surface area (Å²) in [5.41, 5.74) is 0. The van der Waals surface area contributed by atoms with Crippen LogP contribution in [0.1, 0.15) is 30.2 Å². The Balaban J connectivity index is 0.00000338. The summed E-state index contributed by atoms with van der Waals surface area (Å²) >= 11 is 1.70. The summed E-state index contributed by atoms with van der Waals surface area (Å²) in [6.07, 6.45) is 3.75. The maximum absolute atomic E-state index is 12.8. The summed E-state index contributed by atoms with van der Waals surface area (Å²) in [5.74, 6) is 1.20. The van der Waals surface area contributed by atoms with E-state index in [4.69, 9.17) is 4.74 Å². The van der Waals surface area contributed by atoms with E-state index < -0.39 is 0 Å². The summed E-state index contributed by atoms with van der Waals surface area (Å²) in [6, 6.07) is 6.05. The van der Waals surface area contributed by atoms with Crippen LogP contribution < -0.4 is 15.4 Å². The van der Waals surface area contributed by atoms with E-state index in [-0.39, 0.29) is 29.8 Å². The number of benzene rings is 1. The van der Waals surface area contributed by atoms with Crippen molar-refractivity contribution in [2.75, 3.05) is 19.7 Å². The van der Waals surface area contributed by atoms with Crippen molar-refractivity contribution >= 4 is 41.3 Å². The average Bonchev–Trinajstić information content (AvgIpc) is 3.09. The quantitative estimate of drug-likeness (QED) is 0.241. The molecule has 0 atom stereocenters. The SMILES string of the molecule is CCNC(=NCc1ncc(CC)s1)NCCCOc1ccc(F)cc1.I. The summed E-state index contributed by atoms with van der Waals surface area (Å²) < 4.78 is 18.4. The van der Waals surface area contributed by atoms with E-state index in [0.717, 1.165) is 36.9 Å². The summed E-state index contributed by atoms with van der Waals surface area (Å²) in [7, 11) is 0. The first-order valence-corrected chi connectivity index (χ1v) is 9.37. The number of hydrogen-bond donors (Lipinski definition) is 2. The lowest BCUT2D eigenvalue weighted by Crippen LogP contribution is -2.38. The molecule has 5 nitrogen and oxygen atoms in total. The molecule has 1 aromatic heterocycles. The second-order valence-electron chi connectivity index (χ2n) is 5.35. The van der Waals surface area contributed by atoms with E-state index in [1.165, 1.54) is 17.0 Å². The van der Waals surface area contributed by atoms with Crippen molar-refractivity contribution in [2.24, 2.45) is 4.99 Å². The second kappa shape index (κ2) is 12.9. The number of nitrogens with zero attached hydrogens (tertiary/aromatic N) is 2. The molecule has 0 bridgehead atoms. The molecule has 0 amide bonds. The minimum atomic E-state index is -0.258. The van der Waals surface area contributed by atoms with Crippen LogP contribution in [0, 0.1) is 5.82 Å². The molecule has 26 heavy (non-hydrogen) atoms. The number of guanidine groups is 1. The molecule has 0 aliphatic heterocycles. The van der Waals surface area contributed by atoms with Gasteiger partial charge in [0.1, 0.15) is 16.6 Å². The van der Waals surface area contributed by atoms with Crippen LogP contribution in [0.3, 0.4) is 0 Å². The zero-order chi connectivity index (χ0) is 17.9. The number of hydrogen-bond acceptors (Lipinski definition) is 4. The molecule has 2 aromatic rings. The maximum Gasteiger partial charge on any atom is 0.191 e. The minimum Gasteiger partial charge on any atom is -0.494 e. The maximum atomic E-state index is 12.8. The van der Waals surface area contributed by atoms with E-state index in [0.29, 0.717) is 18.9 Å². The molecule has 144 valence electrons. The molecule has 0 unspecified atom stereocenters. The third-order valence-corrected chi connectivity index (χ3v) is 4.49. The van der Waals surface area contributed by atoms with Gasteiger partial charge in [-0.15, -0.1) is 35.3 Å². The lowest BCUT2D eigenvalue weighted by molar-refractivity contribution is 0.310. The van der Waals surface area contributed by atoms with Crippen LogP contribution in [-0.2, 0) is 13.0 Å². The number of rotatable bonds is 9. The van der Waals surface area contributed by atoms with Crippen molar-refractivity contribution in [1.29, 1.82) is 0 Å². The number of aryl methyl sites for hydroxylation is 1. The van der Waals surface area contributed by atoms with Crippen molar-refractivity contribution < 1.29 is 9.13 Å². The highest BCUT2D eigenvalue weighted by Crippen LogP contribution is 2.14. The Morgan fingerprint density at radius 1 is 1.23 bits per heavy atom. The van der Waals surface area contributed by atoms with Gasteiger partial charge in [-0.05, 0) is 44.0 Å². The van der Waals surface area contributed by atoms with Gasteiger partial charge in [0, 0.05) is 24.2 Å². The fourth-order valence-electron chi connectivity index (χ4n) is 2.07. The number of nitrogens with one attached hydrogen (secondary N) is 2. The average molecular weight is 492 g/mol. The fraction of sp³-hybridized carbons (Fsp3) is 0.444. The molecule has 0 radical (unpaired) electrons. The van der Waals surface area contributed by atoms with Gasteiger partial charge in [0.05, 0.1) is 13.2 Å². The highest BCUT2D eigenvalue weighted by atomic mass is 127. The van der Waals surface area contributed by atoms with Gasteiger partial charge in [0.15, 0.2) is 5.96 Å². The molecule has 2 rings (SSSR count). The van der Waals surface area contributed by atoms with Gasteiger partial charge in [-0.3, -0.25) is 0 Å². The van der Waals surface area contributed by atoms with E-state index >= 15 is 0 Å². The highest BCUT2D eigenvalue weighted by molar-refractivity contribution is 14.0. The van der Waals surface area contributed by atoms with Crippen LogP contribution in [0.4, 0.5) is 4.39 Å². The molecular formula is C18H26FIN4OS. The van der Waals surface area contributed by atoms with Crippen molar-refractivity contribution in [3.05, 3.63) is 46.2 Å². The molecule has 2 N–H and O–H groups in total. The first kappa shape index (κ1) is 22.6.